The third kappa shape index (κ3) is 2.21. The Kier molecular flexibility index (Phi) is 2.80. The Morgan fingerprint density at radius 3 is 2.80 bits per heavy atom. The molecule has 0 aliphatic heterocycles. The molecule has 0 saturated heterocycles. The number of rotatable bonds is 2. The van der Waals surface area contributed by atoms with Gasteiger partial charge in [0.15, 0.2) is 0 Å². The summed E-state index contributed by atoms with van der Waals surface area (Å²) in [5, 5.41) is 0.401. The molecule has 82 valence electrons. The van der Waals surface area contributed by atoms with Crippen LogP contribution in [0.1, 0.15) is 11.1 Å². The van der Waals surface area contributed by atoms with E-state index in [9.17, 15) is 8.78 Å². The summed E-state index contributed by atoms with van der Waals surface area (Å²) in [6.45, 7) is -2.83. The van der Waals surface area contributed by atoms with E-state index >= 15 is 0 Å². The van der Waals surface area contributed by atoms with E-state index in [2.05, 4.69) is 4.74 Å². The molecule has 0 amide bonds. The van der Waals surface area contributed by atoms with Crippen molar-refractivity contribution in [3.8, 4) is 5.75 Å². The molecule has 1 unspecified atom stereocenters. The van der Waals surface area contributed by atoms with E-state index in [-0.39, 0.29) is 11.8 Å². The van der Waals surface area contributed by atoms with E-state index < -0.39 is 6.61 Å². The number of halogens is 3. The summed E-state index contributed by atoms with van der Waals surface area (Å²) < 4.78 is 28.7. The minimum absolute atomic E-state index is 0.0292. The molecule has 0 bridgehead atoms. The van der Waals surface area contributed by atoms with Crippen molar-refractivity contribution >= 4 is 11.6 Å². The number of hydrogen-bond acceptors (Lipinski definition) is 2. The number of alkyl halides is 2. The van der Waals surface area contributed by atoms with Gasteiger partial charge >= 0.3 is 6.61 Å². The summed E-state index contributed by atoms with van der Waals surface area (Å²) in [6.07, 6.45) is 1.23. The van der Waals surface area contributed by atoms with Crippen LogP contribution in [0.4, 0.5) is 8.78 Å². The van der Waals surface area contributed by atoms with Crippen LogP contribution in [0, 0.1) is 0 Å². The molecular weight excluding hydrogens is 224 g/mol. The van der Waals surface area contributed by atoms with Gasteiger partial charge in [0.1, 0.15) is 5.75 Å². The highest BCUT2D eigenvalue weighted by atomic mass is 35.5. The second-order valence-corrected chi connectivity index (χ2v) is 4.02. The first-order chi connectivity index (χ1) is 7.06. The van der Waals surface area contributed by atoms with Gasteiger partial charge < -0.3 is 10.5 Å². The van der Waals surface area contributed by atoms with Gasteiger partial charge in [0, 0.05) is 11.1 Å². The van der Waals surface area contributed by atoms with E-state index in [0.29, 0.717) is 17.9 Å². The Balaban J connectivity index is 2.38. The van der Waals surface area contributed by atoms with Crippen LogP contribution in [-0.4, -0.2) is 12.7 Å². The average Bonchev–Trinajstić information content (AvgIpc) is 2.44. The standard InChI is InChI=1S/C10H10ClF2NO/c11-6-1-5-2-7(14)4-8(5)9(3-6)15-10(12)13/h1,3,7,10H,2,4,14H2. The topological polar surface area (TPSA) is 35.2 Å². The predicted molar refractivity (Wildman–Crippen MR) is 53.5 cm³/mol. The third-order valence-electron chi connectivity index (χ3n) is 2.43. The SMILES string of the molecule is NC1Cc2cc(Cl)cc(OC(F)F)c2C1. The number of nitrogens with two attached hydrogens (primary N) is 1. The zero-order chi connectivity index (χ0) is 11.0. The molecule has 1 aliphatic carbocycles. The van der Waals surface area contributed by atoms with Crippen LogP contribution in [0.5, 0.6) is 5.75 Å². The van der Waals surface area contributed by atoms with E-state index in [1.807, 2.05) is 0 Å². The van der Waals surface area contributed by atoms with Crippen LogP contribution in [0.2, 0.25) is 5.02 Å². The van der Waals surface area contributed by atoms with Crippen molar-refractivity contribution < 1.29 is 13.5 Å². The lowest BCUT2D eigenvalue weighted by atomic mass is 10.1. The Morgan fingerprint density at radius 2 is 2.13 bits per heavy atom. The number of fused-ring (bicyclic) bond motifs is 1. The molecule has 1 aliphatic rings. The van der Waals surface area contributed by atoms with Crippen LogP contribution in [0.3, 0.4) is 0 Å². The fourth-order valence-corrected chi connectivity index (χ4v) is 2.13. The Hall–Kier alpha value is -0.870. The van der Waals surface area contributed by atoms with Gasteiger partial charge in [0.2, 0.25) is 0 Å². The summed E-state index contributed by atoms with van der Waals surface area (Å²) in [5.41, 5.74) is 7.41. The fourth-order valence-electron chi connectivity index (χ4n) is 1.90. The second-order valence-electron chi connectivity index (χ2n) is 3.59. The van der Waals surface area contributed by atoms with Gasteiger partial charge in [-0.3, -0.25) is 0 Å². The molecule has 1 atom stereocenters. The van der Waals surface area contributed by atoms with Crippen LogP contribution < -0.4 is 10.5 Å². The number of ether oxygens (including phenoxy) is 1. The first-order valence-corrected chi connectivity index (χ1v) is 4.95. The molecule has 2 nitrogen and oxygen atoms in total. The normalized spacial score (nSPS) is 19.4. The molecule has 2 rings (SSSR count). The quantitative estimate of drug-likeness (QED) is 0.851. The van der Waals surface area contributed by atoms with Crippen molar-refractivity contribution in [2.45, 2.75) is 25.5 Å². The van der Waals surface area contributed by atoms with Crippen molar-refractivity contribution in [1.29, 1.82) is 0 Å². The molecule has 0 fully saturated rings. The number of hydrogen-bond donors (Lipinski definition) is 1. The summed E-state index contributed by atoms with van der Waals surface area (Å²) in [7, 11) is 0. The van der Waals surface area contributed by atoms with Gasteiger partial charge in [-0.05, 0) is 36.1 Å². The maximum atomic E-state index is 12.1. The van der Waals surface area contributed by atoms with Gasteiger partial charge in [-0.25, -0.2) is 0 Å². The van der Waals surface area contributed by atoms with Crippen molar-refractivity contribution in [3.63, 3.8) is 0 Å². The molecule has 2 N–H and O–H groups in total. The zero-order valence-electron chi connectivity index (χ0n) is 7.84. The maximum Gasteiger partial charge on any atom is 0.387 e. The van der Waals surface area contributed by atoms with E-state index in [1.54, 1.807) is 6.07 Å². The largest absolute Gasteiger partial charge is 0.434 e. The molecule has 0 saturated carbocycles. The lowest BCUT2D eigenvalue weighted by molar-refractivity contribution is -0.0504. The van der Waals surface area contributed by atoms with Gasteiger partial charge in [0.25, 0.3) is 0 Å². The van der Waals surface area contributed by atoms with Gasteiger partial charge in [-0.2, -0.15) is 8.78 Å². The van der Waals surface area contributed by atoms with Gasteiger partial charge in [-0.1, -0.05) is 11.6 Å². The Labute approximate surface area is 91.0 Å². The van der Waals surface area contributed by atoms with E-state index in [1.165, 1.54) is 6.07 Å². The minimum Gasteiger partial charge on any atom is -0.434 e. The van der Waals surface area contributed by atoms with Crippen molar-refractivity contribution in [2.24, 2.45) is 5.73 Å². The summed E-state index contributed by atoms with van der Waals surface area (Å²) in [6, 6.07) is 3.13. The van der Waals surface area contributed by atoms with Crippen LogP contribution >= 0.6 is 11.6 Å². The van der Waals surface area contributed by atoms with Gasteiger partial charge in [0.05, 0.1) is 0 Å². The highest BCUT2D eigenvalue weighted by molar-refractivity contribution is 6.30. The van der Waals surface area contributed by atoms with Crippen LogP contribution in [0.25, 0.3) is 0 Å². The third-order valence-corrected chi connectivity index (χ3v) is 2.65. The number of benzene rings is 1. The molecule has 5 heteroatoms. The predicted octanol–water partition coefficient (Wildman–Crippen LogP) is 2.37. The molecule has 1 aromatic rings. The molecule has 0 aromatic heterocycles. The maximum absolute atomic E-state index is 12.1. The lowest BCUT2D eigenvalue weighted by Crippen LogP contribution is -2.19. The highest BCUT2D eigenvalue weighted by Gasteiger charge is 2.23. The fraction of sp³-hybridized carbons (Fsp3) is 0.400. The monoisotopic (exact) mass is 233 g/mol. The molecular formula is C10H10ClF2NO. The second kappa shape index (κ2) is 3.94. The average molecular weight is 234 g/mol. The molecule has 15 heavy (non-hydrogen) atoms. The van der Waals surface area contributed by atoms with Crippen LogP contribution in [-0.2, 0) is 12.8 Å². The van der Waals surface area contributed by atoms with Crippen LogP contribution in [0.15, 0.2) is 12.1 Å². The minimum atomic E-state index is -2.83. The first kappa shape index (κ1) is 10.6. The summed E-state index contributed by atoms with van der Waals surface area (Å²) in [5.74, 6) is 0.153. The van der Waals surface area contributed by atoms with Crippen molar-refractivity contribution in [2.75, 3.05) is 0 Å². The molecule has 0 spiro atoms. The van der Waals surface area contributed by atoms with Crippen molar-refractivity contribution in [1.82, 2.24) is 0 Å². The summed E-state index contributed by atoms with van der Waals surface area (Å²) in [4.78, 5) is 0. The Bertz CT molecular complexity index is 384. The zero-order valence-corrected chi connectivity index (χ0v) is 8.60. The first-order valence-electron chi connectivity index (χ1n) is 4.58. The summed E-state index contributed by atoms with van der Waals surface area (Å²) >= 11 is 5.79. The molecule has 1 aromatic carbocycles. The van der Waals surface area contributed by atoms with Crippen molar-refractivity contribution in [3.05, 3.63) is 28.3 Å². The van der Waals surface area contributed by atoms with Gasteiger partial charge in [-0.15, -0.1) is 0 Å². The molecule has 0 radical (unpaired) electrons. The smallest absolute Gasteiger partial charge is 0.387 e. The molecule has 0 heterocycles. The highest BCUT2D eigenvalue weighted by Crippen LogP contribution is 2.34. The van der Waals surface area contributed by atoms with E-state index in [0.717, 1.165) is 11.1 Å². The lowest BCUT2D eigenvalue weighted by Gasteiger charge is -2.10. The Morgan fingerprint density at radius 1 is 1.40 bits per heavy atom. The van der Waals surface area contributed by atoms with E-state index in [4.69, 9.17) is 17.3 Å².